The van der Waals surface area contributed by atoms with E-state index in [1.165, 1.54) is 16.7 Å². The topological polar surface area (TPSA) is 80.1 Å². The van der Waals surface area contributed by atoms with Crippen LogP contribution in [0.1, 0.15) is 26.8 Å². The van der Waals surface area contributed by atoms with Crippen molar-refractivity contribution in [1.82, 2.24) is 14.8 Å². The summed E-state index contributed by atoms with van der Waals surface area (Å²) in [5.41, 5.74) is 1.38. The van der Waals surface area contributed by atoms with E-state index in [-0.39, 0.29) is 29.7 Å². The number of hydrogen-bond donors (Lipinski definition) is 1. The van der Waals surface area contributed by atoms with Crippen molar-refractivity contribution in [3.8, 4) is 0 Å². The molecule has 1 unspecified atom stereocenters. The average molecular weight is 345 g/mol. The van der Waals surface area contributed by atoms with E-state index >= 15 is 0 Å². The van der Waals surface area contributed by atoms with E-state index in [9.17, 15) is 9.59 Å². The Morgan fingerprint density at radius 3 is 2.79 bits per heavy atom. The number of fused-ring (bicyclic) bond motifs is 1. The van der Waals surface area contributed by atoms with E-state index < -0.39 is 0 Å². The van der Waals surface area contributed by atoms with Crippen LogP contribution in [0.3, 0.4) is 0 Å². The van der Waals surface area contributed by atoms with E-state index in [0.717, 1.165) is 5.69 Å². The molecule has 8 heteroatoms. The molecule has 0 bridgehead atoms. The first-order chi connectivity index (χ1) is 11.5. The molecule has 24 heavy (non-hydrogen) atoms. The number of carbonyl (C=O) groups excluding carboxylic acids is 2. The predicted octanol–water partition coefficient (Wildman–Crippen LogP) is 2.32. The van der Waals surface area contributed by atoms with Crippen LogP contribution in [0.4, 0.5) is 11.4 Å². The maximum absolute atomic E-state index is 12.9. The van der Waals surface area contributed by atoms with Crippen LogP contribution in [0.15, 0.2) is 35.7 Å². The first-order valence-electron chi connectivity index (χ1n) is 7.73. The van der Waals surface area contributed by atoms with Crippen molar-refractivity contribution in [1.29, 1.82) is 0 Å². The highest BCUT2D eigenvalue weighted by molar-refractivity contribution is 8.00. The molecule has 0 radical (unpaired) electrons. The van der Waals surface area contributed by atoms with Crippen LogP contribution in [0.5, 0.6) is 0 Å². The SMILES string of the molecule is CC(Sc1nncn1C(C)C)C(=O)N1CC(=O)Nc2ccccc21. The summed E-state index contributed by atoms with van der Waals surface area (Å²) >= 11 is 1.35. The van der Waals surface area contributed by atoms with E-state index in [1.54, 1.807) is 12.4 Å². The Kier molecular flexibility index (Phi) is 4.57. The third-order valence-electron chi connectivity index (χ3n) is 3.76. The highest BCUT2D eigenvalue weighted by atomic mass is 32.2. The summed E-state index contributed by atoms with van der Waals surface area (Å²) in [4.78, 5) is 26.3. The quantitative estimate of drug-likeness (QED) is 0.860. The fourth-order valence-electron chi connectivity index (χ4n) is 2.53. The molecule has 2 heterocycles. The lowest BCUT2D eigenvalue weighted by Gasteiger charge is -2.30. The van der Waals surface area contributed by atoms with Gasteiger partial charge in [0.25, 0.3) is 0 Å². The largest absolute Gasteiger partial charge is 0.323 e. The molecule has 1 aromatic heterocycles. The first-order valence-corrected chi connectivity index (χ1v) is 8.61. The van der Waals surface area contributed by atoms with Gasteiger partial charge in [0, 0.05) is 6.04 Å². The third kappa shape index (κ3) is 3.14. The van der Waals surface area contributed by atoms with Crippen LogP contribution in [-0.4, -0.2) is 38.4 Å². The predicted molar refractivity (Wildman–Crippen MR) is 93.2 cm³/mol. The zero-order valence-electron chi connectivity index (χ0n) is 13.8. The number of hydrogen-bond acceptors (Lipinski definition) is 5. The van der Waals surface area contributed by atoms with Gasteiger partial charge in [-0.3, -0.25) is 14.5 Å². The summed E-state index contributed by atoms with van der Waals surface area (Å²) in [6.07, 6.45) is 1.66. The lowest BCUT2D eigenvalue weighted by atomic mass is 10.2. The van der Waals surface area contributed by atoms with Gasteiger partial charge in [0.2, 0.25) is 11.8 Å². The van der Waals surface area contributed by atoms with Crippen LogP contribution in [0, 0.1) is 0 Å². The second-order valence-electron chi connectivity index (χ2n) is 5.86. The summed E-state index contributed by atoms with van der Waals surface area (Å²) in [7, 11) is 0. The van der Waals surface area contributed by atoms with Crippen molar-refractivity contribution in [3.05, 3.63) is 30.6 Å². The Bertz CT molecular complexity index is 773. The number of benzene rings is 1. The van der Waals surface area contributed by atoms with E-state index in [1.807, 2.05) is 43.5 Å². The number of rotatable bonds is 4. The van der Waals surface area contributed by atoms with Crippen LogP contribution < -0.4 is 10.2 Å². The summed E-state index contributed by atoms with van der Waals surface area (Å²) in [6.45, 7) is 5.91. The number of aromatic nitrogens is 3. The Labute approximate surface area is 144 Å². The zero-order chi connectivity index (χ0) is 17.3. The third-order valence-corrected chi connectivity index (χ3v) is 4.82. The minimum absolute atomic E-state index is 0.0254. The molecule has 0 saturated carbocycles. The molecule has 1 aromatic carbocycles. The molecular weight excluding hydrogens is 326 g/mol. The van der Waals surface area contributed by atoms with E-state index in [0.29, 0.717) is 10.8 Å². The summed E-state index contributed by atoms with van der Waals surface area (Å²) < 4.78 is 1.92. The smallest absolute Gasteiger partial charge is 0.244 e. The van der Waals surface area contributed by atoms with Crippen molar-refractivity contribution < 1.29 is 9.59 Å². The van der Waals surface area contributed by atoms with Crippen LogP contribution in [0.25, 0.3) is 0 Å². The molecule has 7 nitrogen and oxygen atoms in total. The van der Waals surface area contributed by atoms with Crippen molar-refractivity contribution in [2.75, 3.05) is 16.8 Å². The normalized spacial score (nSPS) is 15.2. The van der Waals surface area contributed by atoms with Crippen molar-refractivity contribution >= 4 is 35.0 Å². The second-order valence-corrected chi connectivity index (χ2v) is 7.17. The zero-order valence-corrected chi connectivity index (χ0v) is 14.6. The van der Waals surface area contributed by atoms with E-state index in [4.69, 9.17) is 0 Å². The minimum Gasteiger partial charge on any atom is -0.323 e. The van der Waals surface area contributed by atoms with Crippen LogP contribution >= 0.6 is 11.8 Å². The number of nitrogens with one attached hydrogen (secondary N) is 1. The summed E-state index contributed by atoms with van der Waals surface area (Å²) in [5.74, 6) is -0.315. The number of thioether (sulfide) groups is 1. The van der Waals surface area contributed by atoms with E-state index in [2.05, 4.69) is 15.5 Å². The molecule has 1 atom stereocenters. The molecule has 1 aliphatic heterocycles. The van der Waals surface area contributed by atoms with Crippen molar-refractivity contribution in [2.45, 2.75) is 37.2 Å². The fraction of sp³-hybridized carbons (Fsp3) is 0.375. The standard InChI is InChI=1S/C16H19N5O2S/c1-10(2)21-9-17-19-16(21)24-11(3)15(23)20-8-14(22)18-12-6-4-5-7-13(12)20/h4-7,9-11H,8H2,1-3H3,(H,18,22). The lowest BCUT2D eigenvalue weighted by Crippen LogP contribution is -2.45. The van der Waals surface area contributed by atoms with Gasteiger partial charge in [0.1, 0.15) is 12.9 Å². The summed E-state index contributed by atoms with van der Waals surface area (Å²) in [5, 5.41) is 11.1. The molecule has 1 N–H and O–H groups in total. The number of nitrogens with zero attached hydrogens (tertiary/aromatic N) is 4. The van der Waals surface area contributed by atoms with Gasteiger partial charge in [-0.05, 0) is 32.9 Å². The van der Waals surface area contributed by atoms with Gasteiger partial charge >= 0.3 is 0 Å². The molecule has 0 saturated heterocycles. The monoisotopic (exact) mass is 345 g/mol. The molecule has 0 spiro atoms. The Morgan fingerprint density at radius 2 is 2.04 bits per heavy atom. The second kappa shape index (κ2) is 6.64. The maximum Gasteiger partial charge on any atom is 0.244 e. The van der Waals surface area contributed by atoms with Crippen LogP contribution in [0.2, 0.25) is 0 Å². The van der Waals surface area contributed by atoms with Gasteiger partial charge < -0.3 is 9.88 Å². The molecule has 126 valence electrons. The Morgan fingerprint density at radius 1 is 1.29 bits per heavy atom. The Hall–Kier alpha value is -2.35. The molecule has 2 amide bonds. The Balaban J connectivity index is 1.81. The molecule has 2 aromatic rings. The van der Waals surface area contributed by atoms with Crippen molar-refractivity contribution in [2.24, 2.45) is 0 Å². The number of amides is 2. The lowest BCUT2D eigenvalue weighted by molar-refractivity contribution is -0.121. The first kappa shape index (κ1) is 16.5. The number of anilines is 2. The van der Waals surface area contributed by atoms with Gasteiger partial charge in [0.15, 0.2) is 5.16 Å². The highest BCUT2D eigenvalue weighted by Gasteiger charge is 2.30. The summed E-state index contributed by atoms with van der Waals surface area (Å²) in [6, 6.07) is 7.52. The average Bonchev–Trinajstić information content (AvgIpc) is 3.01. The molecule has 0 aliphatic carbocycles. The molecule has 3 rings (SSSR count). The van der Waals surface area contributed by atoms with Gasteiger partial charge in [-0.15, -0.1) is 10.2 Å². The molecule has 1 aliphatic rings. The minimum atomic E-state index is -0.384. The fourth-order valence-corrected chi connectivity index (χ4v) is 3.55. The maximum atomic E-state index is 12.9. The van der Waals surface area contributed by atoms with Gasteiger partial charge in [0.05, 0.1) is 16.6 Å². The number of para-hydroxylation sites is 2. The van der Waals surface area contributed by atoms with Crippen LogP contribution in [-0.2, 0) is 9.59 Å². The number of carbonyl (C=O) groups is 2. The highest BCUT2D eigenvalue weighted by Crippen LogP contribution is 2.32. The van der Waals surface area contributed by atoms with Crippen molar-refractivity contribution in [3.63, 3.8) is 0 Å². The van der Waals surface area contributed by atoms with Gasteiger partial charge in [-0.1, -0.05) is 23.9 Å². The van der Waals surface area contributed by atoms with Gasteiger partial charge in [-0.25, -0.2) is 0 Å². The molecular formula is C16H19N5O2S. The van der Waals surface area contributed by atoms with Gasteiger partial charge in [-0.2, -0.15) is 0 Å². The molecule has 0 fully saturated rings.